The fourth-order valence-electron chi connectivity index (χ4n) is 1.53. The molecule has 0 aromatic heterocycles. The average molecular weight is 242 g/mol. The number of phenolic OH excluding ortho intramolecular Hbond substituents is 2. The van der Waals surface area contributed by atoms with Gasteiger partial charge in [-0.2, -0.15) is 5.10 Å². The number of aromatic hydroxyl groups is 2. The van der Waals surface area contributed by atoms with Crippen LogP contribution in [-0.4, -0.2) is 16.4 Å². The summed E-state index contributed by atoms with van der Waals surface area (Å²) in [5.74, 6) is 0.0149. The Labute approximate surface area is 105 Å². The zero-order valence-electron chi connectivity index (χ0n) is 9.96. The van der Waals surface area contributed by atoms with Crippen molar-refractivity contribution in [3.8, 4) is 11.5 Å². The van der Waals surface area contributed by atoms with Crippen LogP contribution in [0.15, 0.2) is 47.6 Å². The molecule has 4 nitrogen and oxygen atoms in total. The number of nitrogens with zero attached hydrogens (tertiary/aromatic N) is 1. The molecule has 0 aliphatic carbocycles. The van der Waals surface area contributed by atoms with Crippen LogP contribution < -0.4 is 5.43 Å². The number of hydrogen-bond donors (Lipinski definition) is 3. The van der Waals surface area contributed by atoms with Crippen molar-refractivity contribution < 1.29 is 10.2 Å². The third kappa shape index (κ3) is 3.01. The number of rotatable bonds is 3. The van der Waals surface area contributed by atoms with Gasteiger partial charge < -0.3 is 10.2 Å². The smallest absolute Gasteiger partial charge is 0.128 e. The van der Waals surface area contributed by atoms with Crippen LogP contribution >= 0.6 is 0 Å². The van der Waals surface area contributed by atoms with E-state index in [9.17, 15) is 5.11 Å². The molecule has 18 heavy (non-hydrogen) atoms. The maximum Gasteiger partial charge on any atom is 0.128 e. The normalized spacial score (nSPS) is 10.7. The van der Waals surface area contributed by atoms with Gasteiger partial charge in [-0.3, -0.25) is 5.43 Å². The van der Waals surface area contributed by atoms with Gasteiger partial charge >= 0.3 is 0 Å². The molecular weight excluding hydrogens is 228 g/mol. The van der Waals surface area contributed by atoms with E-state index in [4.69, 9.17) is 5.11 Å². The molecule has 0 aliphatic rings. The summed E-state index contributed by atoms with van der Waals surface area (Å²) in [7, 11) is 0. The molecule has 0 heterocycles. The van der Waals surface area contributed by atoms with Gasteiger partial charge in [-0.05, 0) is 36.8 Å². The Morgan fingerprint density at radius 2 is 1.94 bits per heavy atom. The van der Waals surface area contributed by atoms with E-state index in [-0.39, 0.29) is 11.5 Å². The quantitative estimate of drug-likeness (QED) is 0.572. The lowest BCUT2D eigenvalue weighted by atomic mass is 10.2. The molecule has 2 rings (SSSR count). The van der Waals surface area contributed by atoms with Crippen molar-refractivity contribution >= 4 is 11.9 Å². The lowest BCUT2D eigenvalue weighted by Gasteiger charge is -2.02. The summed E-state index contributed by atoms with van der Waals surface area (Å²) in [5, 5.41) is 22.7. The van der Waals surface area contributed by atoms with Gasteiger partial charge in [0.1, 0.15) is 11.5 Å². The van der Waals surface area contributed by atoms with Crippen LogP contribution in [0.2, 0.25) is 0 Å². The number of aryl methyl sites for hydroxylation is 1. The third-order valence-corrected chi connectivity index (χ3v) is 2.43. The first-order chi connectivity index (χ1) is 8.65. The minimum absolute atomic E-state index is 0.00945. The van der Waals surface area contributed by atoms with Crippen LogP contribution in [0.5, 0.6) is 11.5 Å². The van der Waals surface area contributed by atoms with Crippen molar-refractivity contribution in [2.75, 3.05) is 5.43 Å². The molecule has 2 aromatic rings. The van der Waals surface area contributed by atoms with Crippen molar-refractivity contribution in [3.63, 3.8) is 0 Å². The van der Waals surface area contributed by atoms with Gasteiger partial charge in [0.05, 0.1) is 11.9 Å². The number of nitrogens with one attached hydrogen (secondary N) is 1. The van der Waals surface area contributed by atoms with Crippen molar-refractivity contribution in [1.29, 1.82) is 0 Å². The molecular formula is C14H14N2O2. The Bertz CT molecular complexity index is 580. The molecule has 0 saturated carbocycles. The van der Waals surface area contributed by atoms with E-state index in [2.05, 4.69) is 10.5 Å². The summed E-state index contributed by atoms with van der Waals surface area (Å²) < 4.78 is 0. The fraction of sp³-hybridized carbons (Fsp3) is 0.0714. The van der Waals surface area contributed by atoms with E-state index in [0.717, 1.165) is 11.3 Å². The van der Waals surface area contributed by atoms with E-state index < -0.39 is 0 Å². The number of hydrazone groups is 1. The van der Waals surface area contributed by atoms with Crippen LogP contribution in [0.1, 0.15) is 11.1 Å². The zero-order valence-corrected chi connectivity index (χ0v) is 9.96. The van der Waals surface area contributed by atoms with E-state index in [1.54, 1.807) is 6.07 Å². The van der Waals surface area contributed by atoms with Gasteiger partial charge in [0.15, 0.2) is 0 Å². The minimum Gasteiger partial charge on any atom is -0.508 e. The van der Waals surface area contributed by atoms with Crippen molar-refractivity contribution in [2.24, 2.45) is 5.10 Å². The SMILES string of the molecule is Cc1cccc(N/N=C/c2ccc(O)cc2O)c1. The highest BCUT2D eigenvalue weighted by Gasteiger charge is 1.98. The van der Waals surface area contributed by atoms with Gasteiger partial charge in [-0.1, -0.05) is 12.1 Å². The first-order valence-electron chi connectivity index (χ1n) is 5.53. The predicted molar refractivity (Wildman–Crippen MR) is 72.2 cm³/mol. The molecule has 4 heteroatoms. The zero-order chi connectivity index (χ0) is 13.0. The van der Waals surface area contributed by atoms with Gasteiger partial charge in [-0.15, -0.1) is 0 Å². The summed E-state index contributed by atoms with van der Waals surface area (Å²) in [5.41, 5.74) is 5.43. The van der Waals surface area contributed by atoms with Crippen molar-refractivity contribution in [2.45, 2.75) is 6.92 Å². The summed E-state index contributed by atoms with van der Waals surface area (Å²) in [6.45, 7) is 2.00. The molecule has 2 aromatic carbocycles. The summed E-state index contributed by atoms with van der Waals surface area (Å²) in [6, 6.07) is 12.2. The Hall–Kier alpha value is -2.49. The van der Waals surface area contributed by atoms with E-state index in [1.165, 1.54) is 18.3 Å². The Kier molecular flexibility index (Phi) is 3.48. The van der Waals surface area contributed by atoms with Crippen LogP contribution in [0, 0.1) is 6.92 Å². The third-order valence-electron chi connectivity index (χ3n) is 2.43. The maximum atomic E-state index is 9.55. The summed E-state index contributed by atoms with van der Waals surface area (Å²) in [6.07, 6.45) is 1.50. The van der Waals surface area contributed by atoms with Crippen LogP contribution in [0.25, 0.3) is 0 Å². The van der Waals surface area contributed by atoms with Crippen LogP contribution in [0.4, 0.5) is 5.69 Å². The number of benzene rings is 2. The highest BCUT2D eigenvalue weighted by molar-refractivity contribution is 5.84. The molecule has 0 spiro atoms. The molecule has 0 atom stereocenters. The molecule has 0 unspecified atom stereocenters. The highest BCUT2D eigenvalue weighted by atomic mass is 16.3. The second kappa shape index (κ2) is 5.23. The van der Waals surface area contributed by atoms with Gasteiger partial charge in [0, 0.05) is 11.6 Å². The van der Waals surface area contributed by atoms with E-state index in [0.29, 0.717) is 5.56 Å². The molecule has 0 amide bonds. The molecule has 0 radical (unpaired) electrons. The second-order valence-electron chi connectivity index (χ2n) is 3.98. The summed E-state index contributed by atoms with van der Waals surface area (Å²) in [4.78, 5) is 0. The van der Waals surface area contributed by atoms with Crippen molar-refractivity contribution in [3.05, 3.63) is 53.6 Å². The number of hydrogen-bond acceptors (Lipinski definition) is 4. The van der Waals surface area contributed by atoms with Crippen LogP contribution in [-0.2, 0) is 0 Å². The molecule has 0 fully saturated rings. The number of anilines is 1. The van der Waals surface area contributed by atoms with Gasteiger partial charge in [0.25, 0.3) is 0 Å². The van der Waals surface area contributed by atoms with E-state index >= 15 is 0 Å². The Morgan fingerprint density at radius 1 is 1.11 bits per heavy atom. The van der Waals surface area contributed by atoms with Gasteiger partial charge in [-0.25, -0.2) is 0 Å². The molecule has 0 bridgehead atoms. The fourth-order valence-corrected chi connectivity index (χ4v) is 1.53. The molecule has 0 saturated heterocycles. The Balaban J connectivity index is 2.07. The summed E-state index contributed by atoms with van der Waals surface area (Å²) >= 11 is 0. The average Bonchev–Trinajstić information content (AvgIpc) is 2.32. The molecule has 3 N–H and O–H groups in total. The lowest BCUT2D eigenvalue weighted by Crippen LogP contribution is -1.91. The van der Waals surface area contributed by atoms with Crippen molar-refractivity contribution in [1.82, 2.24) is 0 Å². The second-order valence-corrected chi connectivity index (χ2v) is 3.98. The van der Waals surface area contributed by atoms with E-state index in [1.807, 2.05) is 31.2 Å². The molecule has 92 valence electrons. The predicted octanol–water partition coefficient (Wildman–Crippen LogP) is 2.85. The topological polar surface area (TPSA) is 64.9 Å². The number of phenols is 2. The minimum atomic E-state index is -0.00945. The standard InChI is InChI=1S/C14H14N2O2/c1-10-3-2-4-12(7-10)16-15-9-11-5-6-13(17)8-14(11)18/h2-9,16-18H,1H3/b15-9+. The monoisotopic (exact) mass is 242 g/mol. The highest BCUT2D eigenvalue weighted by Crippen LogP contribution is 2.20. The first-order valence-corrected chi connectivity index (χ1v) is 5.53. The largest absolute Gasteiger partial charge is 0.508 e. The lowest BCUT2D eigenvalue weighted by molar-refractivity contribution is 0.450. The Morgan fingerprint density at radius 3 is 2.67 bits per heavy atom. The molecule has 0 aliphatic heterocycles. The van der Waals surface area contributed by atoms with Gasteiger partial charge in [0.2, 0.25) is 0 Å². The van der Waals surface area contributed by atoms with Crippen LogP contribution in [0.3, 0.4) is 0 Å². The maximum absolute atomic E-state index is 9.55. The first kappa shape index (κ1) is 12.0.